The van der Waals surface area contributed by atoms with E-state index in [2.05, 4.69) is 10.4 Å². The number of hydrogen-bond acceptors (Lipinski definition) is 2. The second-order valence-electron chi connectivity index (χ2n) is 5.00. The van der Waals surface area contributed by atoms with Gasteiger partial charge in [-0.2, -0.15) is 18.3 Å². The number of benzene rings is 1. The van der Waals surface area contributed by atoms with Crippen molar-refractivity contribution in [1.29, 1.82) is 0 Å². The zero-order valence-corrected chi connectivity index (χ0v) is 12.2. The Labute approximate surface area is 121 Å². The fraction of sp³-hybridized carbons (Fsp3) is 0.400. The van der Waals surface area contributed by atoms with Crippen LogP contribution in [0.15, 0.2) is 30.5 Å². The van der Waals surface area contributed by atoms with Crippen molar-refractivity contribution >= 4 is 5.69 Å². The molecule has 2 aromatic rings. The largest absolute Gasteiger partial charge is 0.416 e. The lowest BCUT2D eigenvalue weighted by atomic mass is 10.1. The number of aryl methyl sites for hydroxylation is 2. The number of aromatic nitrogens is 2. The molecule has 1 aromatic heterocycles. The zero-order valence-electron chi connectivity index (χ0n) is 12.2. The monoisotopic (exact) mass is 297 g/mol. The van der Waals surface area contributed by atoms with E-state index in [1.165, 1.54) is 12.1 Å². The van der Waals surface area contributed by atoms with Crippen molar-refractivity contribution in [2.45, 2.75) is 32.5 Å². The number of halogens is 3. The minimum Gasteiger partial charge on any atom is -0.376 e. The van der Waals surface area contributed by atoms with Crippen molar-refractivity contribution in [3.8, 4) is 0 Å². The molecule has 3 nitrogen and oxygen atoms in total. The maximum Gasteiger partial charge on any atom is 0.416 e. The SMILES string of the molecule is CCc1nn(C)cc1NC(C)c1ccc(C(F)(F)F)cc1. The summed E-state index contributed by atoms with van der Waals surface area (Å²) in [7, 11) is 1.84. The van der Waals surface area contributed by atoms with Crippen molar-refractivity contribution in [2.24, 2.45) is 7.05 Å². The van der Waals surface area contributed by atoms with Gasteiger partial charge in [0.05, 0.1) is 16.9 Å². The topological polar surface area (TPSA) is 29.9 Å². The summed E-state index contributed by atoms with van der Waals surface area (Å²) < 4.78 is 39.3. The van der Waals surface area contributed by atoms with Crippen LogP contribution in [-0.4, -0.2) is 9.78 Å². The van der Waals surface area contributed by atoms with Gasteiger partial charge in [-0.05, 0) is 31.0 Å². The second-order valence-corrected chi connectivity index (χ2v) is 5.00. The second kappa shape index (κ2) is 5.79. The van der Waals surface area contributed by atoms with Gasteiger partial charge in [-0.1, -0.05) is 19.1 Å². The molecule has 0 bridgehead atoms. The van der Waals surface area contributed by atoms with Gasteiger partial charge in [-0.15, -0.1) is 0 Å². The molecule has 1 unspecified atom stereocenters. The van der Waals surface area contributed by atoms with E-state index in [9.17, 15) is 13.2 Å². The van der Waals surface area contributed by atoms with Gasteiger partial charge in [0.25, 0.3) is 0 Å². The van der Waals surface area contributed by atoms with Gasteiger partial charge in [0.2, 0.25) is 0 Å². The maximum atomic E-state index is 12.5. The van der Waals surface area contributed by atoms with Gasteiger partial charge in [0.1, 0.15) is 0 Å². The van der Waals surface area contributed by atoms with Crippen LogP contribution in [0, 0.1) is 0 Å². The van der Waals surface area contributed by atoms with E-state index in [1.807, 2.05) is 27.1 Å². The Morgan fingerprint density at radius 2 is 1.86 bits per heavy atom. The highest BCUT2D eigenvalue weighted by atomic mass is 19.4. The Kier molecular flexibility index (Phi) is 4.25. The Balaban J connectivity index is 2.15. The lowest BCUT2D eigenvalue weighted by Crippen LogP contribution is -2.09. The van der Waals surface area contributed by atoms with Crippen molar-refractivity contribution in [2.75, 3.05) is 5.32 Å². The molecule has 1 N–H and O–H groups in total. The van der Waals surface area contributed by atoms with E-state index in [4.69, 9.17) is 0 Å². The molecule has 6 heteroatoms. The molecular formula is C15H18F3N3. The van der Waals surface area contributed by atoms with Crippen molar-refractivity contribution < 1.29 is 13.2 Å². The van der Waals surface area contributed by atoms with Crippen LogP contribution in [0.25, 0.3) is 0 Å². The fourth-order valence-corrected chi connectivity index (χ4v) is 2.19. The van der Waals surface area contributed by atoms with Crippen LogP contribution in [0.2, 0.25) is 0 Å². The maximum absolute atomic E-state index is 12.5. The third-order valence-corrected chi connectivity index (χ3v) is 3.35. The molecule has 1 aromatic carbocycles. The van der Waals surface area contributed by atoms with Crippen LogP contribution < -0.4 is 5.32 Å². The first-order valence-electron chi connectivity index (χ1n) is 6.77. The number of alkyl halides is 3. The van der Waals surface area contributed by atoms with Gasteiger partial charge in [0, 0.05) is 19.3 Å². The Morgan fingerprint density at radius 3 is 2.38 bits per heavy atom. The minimum absolute atomic E-state index is 0.0956. The quantitative estimate of drug-likeness (QED) is 0.917. The Morgan fingerprint density at radius 1 is 1.24 bits per heavy atom. The van der Waals surface area contributed by atoms with Crippen LogP contribution >= 0.6 is 0 Å². The van der Waals surface area contributed by atoms with E-state index in [1.54, 1.807) is 4.68 Å². The summed E-state index contributed by atoms with van der Waals surface area (Å²) in [5.74, 6) is 0. The highest BCUT2D eigenvalue weighted by Crippen LogP contribution is 2.30. The molecule has 0 spiro atoms. The molecule has 21 heavy (non-hydrogen) atoms. The van der Waals surface area contributed by atoms with Crippen LogP contribution in [-0.2, 0) is 19.6 Å². The summed E-state index contributed by atoms with van der Waals surface area (Å²) in [6.07, 6.45) is -1.63. The van der Waals surface area contributed by atoms with E-state index in [0.717, 1.165) is 35.5 Å². The fourth-order valence-electron chi connectivity index (χ4n) is 2.19. The first-order chi connectivity index (χ1) is 9.81. The van der Waals surface area contributed by atoms with Crippen molar-refractivity contribution in [3.63, 3.8) is 0 Å². The van der Waals surface area contributed by atoms with E-state index in [-0.39, 0.29) is 6.04 Å². The molecule has 0 saturated carbocycles. The van der Waals surface area contributed by atoms with E-state index >= 15 is 0 Å². The van der Waals surface area contributed by atoms with Gasteiger partial charge in [0.15, 0.2) is 0 Å². The first kappa shape index (κ1) is 15.4. The van der Waals surface area contributed by atoms with E-state index < -0.39 is 11.7 Å². The molecular weight excluding hydrogens is 279 g/mol. The average molecular weight is 297 g/mol. The number of nitrogens with zero attached hydrogens (tertiary/aromatic N) is 2. The Bertz CT molecular complexity index is 600. The van der Waals surface area contributed by atoms with Gasteiger partial charge in [-0.3, -0.25) is 4.68 Å². The lowest BCUT2D eigenvalue weighted by Gasteiger charge is -2.16. The summed E-state index contributed by atoms with van der Waals surface area (Å²) in [6.45, 7) is 3.92. The molecule has 0 aliphatic rings. The highest BCUT2D eigenvalue weighted by molar-refractivity contribution is 5.48. The van der Waals surface area contributed by atoms with Crippen molar-refractivity contribution in [3.05, 3.63) is 47.3 Å². The van der Waals surface area contributed by atoms with Crippen LogP contribution in [0.3, 0.4) is 0 Å². The summed E-state index contributed by atoms with van der Waals surface area (Å²) in [5.41, 5.74) is 2.02. The standard InChI is InChI=1S/C15H18F3N3/c1-4-13-14(9-21(3)20-13)19-10(2)11-5-7-12(8-6-11)15(16,17)18/h5-10,19H,4H2,1-3H3. The zero-order chi connectivity index (χ0) is 15.6. The number of nitrogens with one attached hydrogen (secondary N) is 1. The third kappa shape index (κ3) is 3.56. The van der Waals surface area contributed by atoms with Gasteiger partial charge < -0.3 is 5.32 Å². The summed E-state index contributed by atoms with van der Waals surface area (Å²) in [5, 5.41) is 7.62. The molecule has 0 amide bonds. The Hall–Kier alpha value is -1.98. The predicted octanol–water partition coefficient (Wildman–Crippen LogP) is 4.17. The smallest absolute Gasteiger partial charge is 0.376 e. The molecule has 0 fully saturated rings. The molecule has 2 rings (SSSR count). The van der Waals surface area contributed by atoms with Crippen LogP contribution in [0.1, 0.15) is 36.7 Å². The molecule has 1 heterocycles. The summed E-state index contributed by atoms with van der Waals surface area (Å²) in [4.78, 5) is 0. The molecule has 0 radical (unpaired) electrons. The minimum atomic E-state index is -4.30. The molecule has 114 valence electrons. The molecule has 0 aliphatic carbocycles. The molecule has 0 aliphatic heterocycles. The number of anilines is 1. The van der Waals surface area contributed by atoms with Gasteiger partial charge in [-0.25, -0.2) is 0 Å². The van der Waals surface area contributed by atoms with Crippen LogP contribution in [0.5, 0.6) is 0 Å². The van der Waals surface area contributed by atoms with Crippen molar-refractivity contribution in [1.82, 2.24) is 9.78 Å². The lowest BCUT2D eigenvalue weighted by molar-refractivity contribution is -0.137. The third-order valence-electron chi connectivity index (χ3n) is 3.35. The summed E-state index contributed by atoms with van der Waals surface area (Å²) in [6, 6.07) is 5.13. The average Bonchev–Trinajstić information content (AvgIpc) is 2.78. The molecule has 0 saturated heterocycles. The highest BCUT2D eigenvalue weighted by Gasteiger charge is 2.30. The van der Waals surface area contributed by atoms with E-state index in [0.29, 0.717) is 0 Å². The van der Waals surface area contributed by atoms with Gasteiger partial charge >= 0.3 is 6.18 Å². The number of rotatable bonds is 4. The summed E-state index contributed by atoms with van der Waals surface area (Å²) >= 11 is 0. The number of hydrogen-bond donors (Lipinski definition) is 1. The normalized spacial score (nSPS) is 13.2. The molecule has 1 atom stereocenters. The van der Waals surface area contributed by atoms with Crippen LogP contribution in [0.4, 0.5) is 18.9 Å². The predicted molar refractivity (Wildman–Crippen MR) is 76.1 cm³/mol. The first-order valence-corrected chi connectivity index (χ1v) is 6.77.